The number of rotatable bonds is 4. The molecule has 3 aromatic carbocycles. The van der Waals surface area contributed by atoms with Crippen molar-refractivity contribution in [2.75, 3.05) is 7.11 Å². The lowest BCUT2D eigenvalue weighted by Crippen LogP contribution is -2.07. The normalized spacial score (nSPS) is 11.5. The second-order valence-corrected chi connectivity index (χ2v) is 6.45. The standard InChI is InChI=1S/C21H17BrO2/c1-24-21(23)18(13-15-9-11-19(22)12-10-15)14-17-7-4-6-16-5-2-3-8-20(16)17/h2-12,14H,13H2,1H3/b18-14+. The van der Waals surface area contributed by atoms with Gasteiger partial charge in [0.2, 0.25) is 0 Å². The molecule has 0 saturated carbocycles. The highest BCUT2D eigenvalue weighted by atomic mass is 79.9. The van der Waals surface area contributed by atoms with Crippen LogP contribution in [0.1, 0.15) is 11.1 Å². The minimum Gasteiger partial charge on any atom is -0.466 e. The van der Waals surface area contributed by atoms with Gasteiger partial charge in [0, 0.05) is 16.5 Å². The van der Waals surface area contributed by atoms with Crippen LogP contribution in [0.25, 0.3) is 16.8 Å². The third-order valence-electron chi connectivity index (χ3n) is 3.91. The van der Waals surface area contributed by atoms with Crippen LogP contribution in [-0.4, -0.2) is 13.1 Å². The summed E-state index contributed by atoms with van der Waals surface area (Å²) in [5, 5.41) is 2.27. The van der Waals surface area contributed by atoms with Crippen LogP contribution in [0.2, 0.25) is 0 Å². The van der Waals surface area contributed by atoms with Gasteiger partial charge in [0.05, 0.1) is 7.11 Å². The van der Waals surface area contributed by atoms with Crippen LogP contribution in [0, 0.1) is 0 Å². The van der Waals surface area contributed by atoms with E-state index >= 15 is 0 Å². The molecule has 0 aliphatic heterocycles. The van der Waals surface area contributed by atoms with Gasteiger partial charge in [-0.1, -0.05) is 70.5 Å². The molecule has 3 rings (SSSR count). The molecule has 0 fully saturated rings. The smallest absolute Gasteiger partial charge is 0.334 e. The first-order valence-corrected chi connectivity index (χ1v) is 8.48. The summed E-state index contributed by atoms with van der Waals surface area (Å²) in [4.78, 5) is 12.2. The Labute approximate surface area is 149 Å². The number of carbonyl (C=O) groups excluding carboxylic acids is 1. The topological polar surface area (TPSA) is 26.3 Å². The van der Waals surface area contributed by atoms with E-state index in [1.807, 2.05) is 54.6 Å². The zero-order valence-electron chi connectivity index (χ0n) is 13.3. The quantitative estimate of drug-likeness (QED) is 0.447. The molecule has 0 atom stereocenters. The van der Waals surface area contributed by atoms with Crippen LogP contribution in [0.4, 0.5) is 0 Å². The molecule has 0 bridgehead atoms. The molecule has 24 heavy (non-hydrogen) atoms. The van der Waals surface area contributed by atoms with Gasteiger partial charge in [0.25, 0.3) is 0 Å². The van der Waals surface area contributed by atoms with Crippen molar-refractivity contribution < 1.29 is 9.53 Å². The number of halogens is 1. The summed E-state index contributed by atoms with van der Waals surface area (Å²) in [7, 11) is 1.42. The van der Waals surface area contributed by atoms with Crippen LogP contribution in [0.5, 0.6) is 0 Å². The van der Waals surface area contributed by atoms with Crippen molar-refractivity contribution in [2.45, 2.75) is 6.42 Å². The molecule has 3 heteroatoms. The van der Waals surface area contributed by atoms with Gasteiger partial charge in [-0.15, -0.1) is 0 Å². The first kappa shape index (κ1) is 16.5. The Kier molecular flexibility index (Phi) is 5.11. The summed E-state index contributed by atoms with van der Waals surface area (Å²) >= 11 is 3.43. The molecule has 0 radical (unpaired) electrons. The third kappa shape index (κ3) is 3.74. The van der Waals surface area contributed by atoms with E-state index in [0.717, 1.165) is 26.4 Å². The second-order valence-electron chi connectivity index (χ2n) is 5.53. The maximum absolute atomic E-state index is 12.2. The average molecular weight is 381 g/mol. The molecule has 0 spiro atoms. The van der Waals surface area contributed by atoms with Gasteiger partial charge < -0.3 is 4.74 Å². The summed E-state index contributed by atoms with van der Waals surface area (Å²) < 4.78 is 5.99. The fourth-order valence-electron chi connectivity index (χ4n) is 2.70. The van der Waals surface area contributed by atoms with E-state index in [2.05, 4.69) is 34.1 Å². The van der Waals surface area contributed by atoms with Crippen LogP contribution in [0.15, 0.2) is 76.8 Å². The van der Waals surface area contributed by atoms with Crippen molar-refractivity contribution in [3.8, 4) is 0 Å². The Hall–Kier alpha value is -2.39. The zero-order chi connectivity index (χ0) is 16.9. The lowest BCUT2D eigenvalue weighted by Gasteiger charge is -2.08. The monoisotopic (exact) mass is 380 g/mol. The Balaban J connectivity index is 2.02. The van der Waals surface area contributed by atoms with E-state index in [0.29, 0.717) is 12.0 Å². The summed E-state index contributed by atoms with van der Waals surface area (Å²) in [6.45, 7) is 0. The highest BCUT2D eigenvalue weighted by molar-refractivity contribution is 9.10. The van der Waals surface area contributed by atoms with E-state index in [1.54, 1.807) is 0 Å². The third-order valence-corrected chi connectivity index (χ3v) is 4.44. The van der Waals surface area contributed by atoms with E-state index in [-0.39, 0.29) is 5.97 Å². The van der Waals surface area contributed by atoms with Crippen molar-refractivity contribution in [3.63, 3.8) is 0 Å². The van der Waals surface area contributed by atoms with Gasteiger partial charge >= 0.3 is 5.97 Å². The van der Waals surface area contributed by atoms with Crippen molar-refractivity contribution in [1.82, 2.24) is 0 Å². The number of hydrogen-bond donors (Lipinski definition) is 0. The molecule has 0 aliphatic rings. The highest BCUT2D eigenvalue weighted by Gasteiger charge is 2.12. The molecule has 3 aromatic rings. The van der Waals surface area contributed by atoms with Gasteiger partial charge in [-0.3, -0.25) is 0 Å². The zero-order valence-corrected chi connectivity index (χ0v) is 14.9. The number of carbonyl (C=O) groups is 1. The maximum atomic E-state index is 12.2. The SMILES string of the molecule is COC(=O)/C(=C/c1cccc2ccccc12)Cc1ccc(Br)cc1. The Morgan fingerprint density at radius 3 is 2.46 bits per heavy atom. The summed E-state index contributed by atoms with van der Waals surface area (Å²) in [5.41, 5.74) is 2.72. The van der Waals surface area contributed by atoms with Gasteiger partial charge in [0.15, 0.2) is 0 Å². The number of methoxy groups -OCH3 is 1. The van der Waals surface area contributed by atoms with Gasteiger partial charge in [-0.2, -0.15) is 0 Å². The lowest BCUT2D eigenvalue weighted by molar-refractivity contribution is -0.136. The molecule has 120 valence electrons. The Morgan fingerprint density at radius 2 is 1.71 bits per heavy atom. The van der Waals surface area contributed by atoms with Crippen LogP contribution < -0.4 is 0 Å². The first-order chi connectivity index (χ1) is 11.7. The molecular weight excluding hydrogens is 364 g/mol. The molecule has 0 N–H and O–H groups in total. The fraction of sp³-hybridized carbons (Fsp3) is 0.0952. The molecule has 0 unspecified atom stereocenters. The van der Waals surface area contributed by atoms with Crippen molar-refractivity contribution in [3.05, 3.63) is 87.9 Å². The largest absolute Gasteiger partial charge is 0.466 e. The van der Waals surface area contributed by atoms with Crippen LogP contribution in [0.3, 0.4) is 0 Å². The Bertz CT molecular complexity index is 890. The van der Waals surface area contributed by atoms with E-state index in [9.17, 15) is 4.79 Å². The number of ether oxygens (including phenoxy) is 1. The molecule has 0 heterocycles. The van der Waals surface area contributed by atoms with Crippen molar-refractivity contribution in [2.24, 2.45) is 0 Å². The predicted octanol–water partition coefficient (Wildman–Crippen LogP) is 5.40. The van der Waals surface area contributed by atoms with E-state index in [4.69, 9.17) is 4.74 Å². The molecule has 0 saturated heterocycles. The first-order valence-electron chi connectivity index (χ1n) is 7.68. The predicted molar refractivity (Wildman–Crippen MR) is 102 cm³/mol. The maximum Gasteiger partial charge on any atom is 0.334 e. The minimum atomic E-state index is -0.300. The van der Waals surface area contributed by atoms with Crippen molar-refractivity contribution >= 4 is 38.7 Å². The molecule has 0 aromatic heterocycles. The fourth-order valence-corrected chi connectivity index (χ4v) is 2.96. The lowest BCUT2D eigenvalue weighted by atomic mass is 9.99. The summed E-state index contributed by atoms with van der Waals surface area (Å²) in [6.07, 6.45) is 2.46. The minimum absolute atomic E-state index is 0.300. The Morgan fingerprint density at radius 1 is 1.00 bits per heavy atom. The summed E-state index contributed by atoms with van der Waals surface area (Å²) in [6, 6.07) is 22.2. The van der Waals surface area contributed by atoms with E-state index in [1.165, 1.54) is 7.11 Å². The van der Waals surface area contributed by atoms with Gasteiger partial charge in [-0.05, 0) is 40.1 Å². The van der Waals surface area contributed by atoms with Crippen molar-refractivity contribution in [1.29, 1.82) is 0 Å². The molecular formula is C21H17BrO2. The molecule has 0 amide bonds. The number of esters is 1. The van der Waals surface area contributed by atoms with Gasteiger partial charge in [0.1, 0.15) is 0 Å². The van der Waals surface area contributed by atoms with Crippen LogP contribution >= 0.6 is 15.9 Å². The second kappa shape index (κ2) is 7.45. The van der Waals surface area contributed by atoms with Crippen LogP contribution in [-0.2, 0) is 16.0 Å². The van der Waals surface area contributed by atoms with E-state index < -0.39 is 0 Å². The number of benzene rings is 3. The van der Waals surface area contributed by atoms with Gasteiger partial charge in [-0.25, -0.2) is 4.79 Å². The number of fused-ring (bicyclic) bond motifs is 1. The number of hydrogen-bond acceptors (Lipinski definition) is 2. The molecule has 2 nitrogen and oxygen atoms in total. The molecule has 0 aliphatic carbocycles. The highest BCUT2D eigenvalue weighted by Crippen LogP contribution is 2.23. The summed E-state index contributed by atoms with van der Waals surface area (Å²) in [5.74, 6) is -0.300. The average Bonchev–Trinajstić information content (AvgIpc) is 2.62.